The van der Waals surface area contributed by atoms with E-state index in [4.69, 9.17) is 0 Å². The molecule has 4 heteroatoms. The second-order valence-electron chi connectivity index (χ2n) is 5.20. The smallest absolute Gasteiger partial charge is 0.255 e. The number of imidazole rings is 1. The number of aryl methyl sites for hydroxylation is 1. The first-order valence-electron chi connectivity index (χ1n) is 7.14. The summed E-state index contributed by atoms with van der Waals surface area (Å²) in [6.45, 7) is 2.67. The highest BCUT2D eigenvalue weighted by molar-refractivity contribution is 6.05. The maximum Gasteiger partial charge on any atom is 0.255 e. The molecule has 0 saturated carbocycles. The number of anilines is 1. The van der Waals surface area contributed by atoms with E-state index in [9.17, 15) is 4.79 Å². The summed E-state index contributed by atoms with van der Waals surface area (Å²) in [4.78, 5) is 16.4. The van der Waals surface area contributed by atoms with Crippen molar-refractivity contribution < 1.29 is 4.79 Å². The first-order chi connectivity index (χ1) is 10.7. The van der Waals surface area contributed by atoms with E-state index >= 15 is 0 Å². The summed E-state index contributed by atoms with van der Waals surface area (Å²) in [5.74, 6) is -0.0853. The van der Waals surface area contributed by atoms with Crippen molar-refractivity contribution in [2.24, 2.45) is 0 Å². The lowest BCUT2D eigenvalue weighted by atomic mass is 10.1. The first kappa shape index (κ1) is 14.1. The Labute approximate surface area is 129 Å². The fourth-order valence-corrected chi connectivity index (χ4v) is 2.36. The summed E-state index contributed by atoms with van der Waals surface area (Å²) < 4.78 is 1.99. The van der Waals surface area contributed by atoms with Crippen LogP contribution in [0.15, 0.2) is 67.3 Å². The van der Waals surface area contributed by atoms with Crippen molar-refractivity contribution in [2.75, 3.05) is 5.32 Å². The van der Waals surface area contributed by atoms with E-state index in [1.165, 1.54) is 0 Å². The number of amides is 1. The van der Waals surface area contributed by atoms with Gasteiger partial charge in [-0.2, -0.15) is 0 Å². The minimum atomic E-state index is -0.0853. The minimum absolute atomic E-state index is 0.0853. The summed E-state index contributed by atoms with van der Waals surface area (Å²) in [7, 11) is 0. The highest BCUT2D eigenvalue weighted by Gasteiger charge is 2.08. The van der Waals surface area contributed by atoms with Crippen LogP contribution in [0.4, 0.5) is 5.69 Å². The van der Waals surface area contributed by atoms with E-state index < -0.39 is 0 Å². The van der Waals surface area contributed by atoms with E-state index in [2.05, 4.69) is 10.3 Å². The Kier molecular flexibility index (Phi) is 4.01. The number of nitrogens with one attached hydrogen (secondary N) is 1. The molecule has 1 heterocycles. The number of aromatic nitrogens is 2. The molecule has 0 aliphatic rings. The van der Waals surface area contributed by atoms with Crippen LogP contribution < -0.4 is 5.32 Å². The zero-order valence-corrected chi connectivity index (χ0v) is 12.4. The van der Waals surface area contributed by atoms with Crippen LogP contribution >= 0.6 is 0 Å². The van der Waals surface area contributed by atoms with Gasteiger partial charge in [0.1, 0.15) is 0 Å². The molecule has 22 heavy (non-hydrogen) atoms. The van der Waals surface area contributed by atoms with Crippen molar-refractivity contribution in [2.45, 2.75) is 13.5 Å². The van der Waals surface area contributed by atoms with Gasteiger partial charge in [0.15, 0.2) is 0 Å². The molecule has 2 aromatic carbocycles. The second kappa shape index (κ2) is 6.26. The predicted octanol–water partition coefficient (Wildman–Crippen LogP) is 3.49. The van der Waals surface area contributed by atoms with Crippen LogP contribution in [0.5, 0.6) is 0 Å². The molecule has 0 unspecified atom stereocenters. The molecular formula is C18H17N3O. The molecule has 0 aliphatic carbocycles. The first-order valence-corrected chi connectivity index (χ1v) is 7.14. The lowest BCUT2D eigenvalue weighted by molar-refractivity contribution is 0.102. The van der Waals surface area contributed by atoms with Gasteiger partial charge >= 0.3 is 0 Å². The summed E-state index contributed by atoms with van der Waals surface area (Å²) in [5.41, 5.74) is 3.57. The number of hydrogen-bond acceptors (Lipinski definition) is 2. The average Bonchev–Trinajstić information content (AvgIpc) is 3.01. The average molecular weight is 291 g/mol. The summed E-state index contributed by atoms with van der Waals surface area (Å²) in [5, 5.41) is 2.96. The molecule has 3 aromatic rings. The topological polar surface area (TPSA) is 46.9 Å². The Hall–Kier alpha value is -2.88. The number of benzene rings is 2. The van der Waals surface area contributed by atoms with Crippen LogP contribution in [0.3, 0.4) is 0 Å². The van der Waals surface area contributed by atoms with E-state index in [1.54, 1.807) is 12.5 Å². The van der Waals surface area contributed by atoms with E-state index in [1.807, 2.05) is 66.2 Å². The molecule has 0 aliphatic heterocycles. The Bertz CT molecular complexity index is 779. The van der Waals surface area contributed by atoms with Crippen molar-refractivity contribution >= 4 is 11.6 Å². The lowest BCUT2D eigenvalue weighted by Gasteiger charge is -2.09. The summed E-state index contributed by atoms with van der Waals surface area (Å²) in [6, 6.07) is 15.4. The normalized spacial score (nSPS) is 10.4. The molecule has 1 N–H and O–H groups in total. The van der Waals surface area contributed by atoms with Gasteiger partial charge in [0, 0.05) is 30.2 Å². The summed E-state index contributed by atoms with van der Waals surface area (Å²) >= 11 is 0. The number of carbonyl (C=O) groups is 1. The molecule has 3 rings (SSSR count). The zero-order chi connectivity index (χ0) is 15.4. The molecule has 0 saturated heterocycles. The van der Waals surface area contributed by atoms with Gasteiger partial charge < -0.3 is 9.88 Å². The second-order valence-corrected chi connectivity index (χ2v) is 5.20. The Morgan fingerprint density at radius 1 is 1.18 bits per heavy atom. The van der Waals surface area contributed by atoms with Crippen LogP contribution in [-0.2, 0) is 6.54 Å². The van der Waals surface area contributed by atoms with Gasteiger partial charge in [-0.1, -0.05) is 30.3 Å². The third-order valence-electron chi connectivity index (χ3n) is 3.50. The molecule has 0 bridgehead atoms. The van der Waals surface area contributed by atoms with E-state index in [0.29, 0.717) is 5.56 Å². The van der Waals surface area contributed by atoms with Crippen LogP contribution in [0.1, 0.15) is 21.5 Å². The highest BCUT2D eigenvalue weighted by atomic mass is 16.1. The predicted molar refractivity (Wildman–Crippen MR) is 86.9 cm³/mol. The van der Waals surface area contributed by atoms with Gasteiger partial charge in [-0.3, -0.25) is 4.79 Å². The van der Waals surface area contributed by atoms with Crippen LogP contribution in [0.25, 0.3) is 0 Å². The minimum Gasteiger partial charge on any atom is -0.333 e. The van der Waals surface area contributed by atoms with Crippen molar-refractivity contribution in [1.29, 1.82) is 0 Å². The standard InChI is InChI=1S/C18H17N3O/c1-14-5-2-3-8-17(14)18(22)20-16-7-4-6-15(11-16)12-21-10-9-19-13-21/h2-11,13H,12H2,1H3,(H,20,22). The largest absolute Gasteiger partial charge is 0.333 e. The third kappa shape index (κ3) is 3.23. The van der Waals surface area contributed by atoms with Crippen molar-refractivity contribution in [3.8, 4) is 0 Å². The Balaban J connectivity index is 1.75. The van der Waals surface area contributed by atoms with Gasteiger partial charge in [0.2, 0.25) is 0 Å². The molecule has 0 atom stereocenters. The summed E-state index contributed by atoms with van der Waals surface area (Å²) in [6.07, 6.45) is 5.45. The fourth-order valence-electron chi connectivity index (χ4n) is 2.36. The van der Waals surface area contributed by atoms with Gasteiger partial charge in [0.25, 0.3) is 5.91 Å². The molecular weight excluding hydrogens is 274 g/mol. The molecule has 0 spiro atoms. The van der Waals surface area contributed by atoms with Crippen molar-refractivity contribution in [3.63, 3.8) is 0 Å². The number of nitrogens with zero attached hydrogens (tertiary/aromatic N) is 2. The number of hydrogen-bond donors (Lipinski definition) is 1. The number of carbonyl (C=O) groups excluding carboxylic acids is 1. The molecule has 0 fully saturated rings. The number of rotatable bonds is 4. The van der Waals surface area contributed by atoms with E-state index in [0.717, 1.165) is 23.4 Å². The van der Waals surface area contributed by atoms with Gasteiger partial charge in [-0.05, 0) is 36.2 Å². The third-order valence-corrected chi connectivity index (χ3v) is 3.50. The Morgan fingerprint density at radius 2 is 2.05 bits per heavy atom. The SMILES string of the molecule is Cc1ccccc1C(=O)Nc1cccc(Cn2ccnc2)c1. The maximum atomic E-state index is 12.3. The van der Waals surface area contributed by atoms with E-state index in [-0.39, 0.29) is 5.91 Å². The quantitative estimate of drug-likeness (QED) is 0.800. The highest BCUT2D eigenvalue weighted by Crippen LogP contribution is 2.15. The molecule has 0 radical (unpaired) electrons. The van der Waals surface area contributed by atoms with Gasteiger partial charge in [-0.25, -0.2) is 4.98 Å². The molecule has 110 valence electrons. The zero-order valence-electron chi connectivity index (χ0n) is 12.4. The Morgan fingerprint density at radius 3 is 2.82 bits per heavy atom. The lowest BCUT2D eigenvalue weighted by Crippen LogP contribution is -2.13. The molecule has 1 amide bonds. The van der Waals surface area contributed by atoms with Crippen LogP contribution in [0, 0.1) is 6.92 Å². The van der Waals surface area contributed by atoms with Gasteiger partial charge in [-0.15, -0.1) is 0 Å². The fraction of sp³-hybridized carbons (Fsp3) is 0.111. The monoisotopic (exact) mass is 291 g/mol. The van der Waals surface area contributed by atoms with Gasteiger partial charge in [0.05, 0.1) is 6.33 Å². The maximum absolute atomic E-state index is 12.3. The molecule has 4 nitrogen and oxygen atoms in total. The van der Waals surface area contributed by atoms with Crippen LogP contribution in [-0.4, -0.2) is 15.5 Å². The van der Waals surface area contributed by atoms with Crippen LogP contribution in [0.2, 0.25) is 0 Å². The van der Waals surface area contributed by atoms with Crippen molar-refractivity contribution in [3.05, 3.63) is 83.9 Å². The van der Waals surface area contributed by atoms with Crippen molar-refractivity contribution in [1.82, 2.24) is 9.55 Å². The molecule has 1 aromatic heterocycles.